The van der Waals surface area contributed by atoms with Crippen molar-refractivity contribution in [3.8, 4) is 0 Å². The highest BCUT2D eigenvalue weighted by molar-refractivity contribution is 5.85. The fourth-order valence-corrected chi connectivity index (χ4v) is 3.84. The number of rotatable bonds is 5. The van der Waals surface area contributed by atoms with E-state index in [4.69, 9.17) is 0 Å². The molecule has 0 radical (unpaired) electrons. The van der Waals surface area contributed by atoms with Crippen molar-refractivity contribution in [2.24, 2.45) is 0 Å². The first kappa shape index (κ1) is 19.7. The average Bonchev–Trinajstić information content (AvgIpc) is 3.08. The number of carbonyl (C=O) groups is 1. The molecule has 0 aliphatic carbocycles. The van der Waals surface area contributed by atoms with Gasteiger partial charge >= 0.3 is 0 Å². The summed E-state index contributed by atoms with van der Waals surface area (Å²) in [5.74, 6) is 0.0967. The molecule has 2 fully saturated rings. The zero-order valence-corrected chi connectivity index (χ0v) is 15.2. The maximum atomic E-state index is 12.8. The van der Waals surface area contributed by atoms with Crippen molar-refractivity contribution in [1.29, 1.82) is 0 Å². The zero-order valence-electron chi connectivity index (χ0n) is 14.4. The van der Waals surface area contributed by atoms with Crippen molar-refractivity contribution in [2.45, 2.75) is 44.6 Å². The third-order valence-electron chi connectivity index (χ3n) is 5.09. The number of nitro groups is 1. The molecule has 2 heterocycles. The summed E-state index contributed by atoms with van der Waals surface area (Å²) in [7, 11) is 0. The van der Waals surface area contributed by atoms with Gasteiger partial charge in [0, 0.05) is 31.3 Å². The van der Waals surface area contributed by atoms with Crippen molar-refractivity contribution >= 4 is 24.0 Å². The lowest BCUT2D eigenvalue weighted by Gasteiger charge is -2.38. The topological polar surface area (TPSA) is 66.7 Å². The highest BCUT2D eigenvalue weighted by Crippen LogP contribution is 2.22. The molecule has 0 N–H and O–H groups in total. The van der Waals surface area contributed by atoms with Crippen LogP contribution >= 0.6 is 12.4 Å². The maximum Gasteiger partial charge on any atom is 0.269 e. The first-order chi connectivity index (χ1) is 11.6. The van der Waals surface area contributed by atoms with E-state index in [0.29, 0.717) is 6.04 Å². The third kappa shape index (κ3) is 5.16. The summed E-state index contributed by atoms with van der Waals surface area (Å²) >= 11 is 0. The number of nitrogens with zero attached hydrogens (tertiary/aromatic N) is 3. The molecule has 1 amide bonds. The van der Waals surface area contributed by atoms with Crippen molar-refractivity contribution in [3.63, 3.8) is 0 Å². The highest BCUT2D eigenvalue weighted by Gasteiger charge is 2.29. The minimum Gasteiger partial charge on any atom is -0.338 e. The Labute approximate surface area is 154 Å². The fraction of sp³-hybridized carbons (Fsp3) is 0.611. The van der Waals surface area contributed by atoms with Gasteiger partial charge in [-0.15, -0.1) is 12.4 Å². The van der Waals surface area contributed by atoms with E-state index >= 15 is 0 Å². The molecule has 3 rings (SSSR count). The van der Waals surface area contributed by atoms with E-state index in [9.17, 15) is 14.9 Å². The summed E-state index contributed by atoms with van der Waals surface area (Å²) in [5, 5.41) is 10.9. The van der Waals surface area contributed by atoms with E-state index in [-0.39, 0.29) is 30.4 Å². The van der Waals surface area contributed by atoms with Gasteiger partial charge in [-0.05, 0) is 50.8 Å². The van der Waals surface area contributed by atoms with E-state index < -0.39 is 4.92 Å². The molecule has 0 bridgehead atoms. The average molecular weight is 368 g/mol. The monoisotopic (exact) mass is 367 g/mol. The Balaban J connectivity index is 0.00000225. The summed E-state index contributed by atoms with van der Waals surface area (Å²) in [6, 6.07) is 6.72. The molecule has 1 atom stereocenters. The molecule has 138 valence electrons. The van der Waals surface area contributed by atoms with Gasteiger partial charge in [0.2, 0.25) is 5.91 Å². The van der Waals surface area contributed by atoms with E-state index in [0.717, 1.165) is 44.6 Å². The largest absolute Gasteiger partial charge is 0.338 e. The predicted molar refractivity (Wildman–Crippen MR) is 99.1 cm³/mol. The van der Waals surface area contributed by atoms with Gasteiger partial charge in [0.15, 0.2) is 0 Å². The lowest BCUT2D eigenvalue weighted by atomic mass is 10.00. The van der Waals surface area contributed by atoms with Crippen LogP contribution in [0.25, 0.3) is 0 Å². The van der Waals surface area contributed by atoms with Crippen LogP contribution in [-0.2, 0) is 11.2 Å². The number of piperidine rings is 1. The molecule has 7 heteroatoms. The Bertz CT molecular complexity index is 605. The standard InChI is InChI=1S/C18H25N3O3.ClH/c22-18(13-15-6-5-8-16(12-15)21(23)24)20-11-2-1-7-17(20)14-19-9-3-4-10-19;/h5-6,8,12,17H,1-4,7,9-11,13-14H2;1H/t17-;/m1./s1. The Morgan fingerprint density at radius 1 is 1.16 bits per heavy atom. The van der Waals surface area contributed by atoms with Crippen molar-refractivity contribution in [3.05, 3.63) is 39.9 Å². The normalized spacial score (nSPS) is 21.0. The summed E-state index contributed by atoms with van der Waals surface area (Å²) < 4.78 is 0. The second-order valence-corrected chi connectivity index (χ2v) is 6.85. The zero-order chi connectivity index (χ0) is 16.9. The Morgan fingerprint density at radius 2 is 1.88 bits per heavy atom. The van der Waals surface area contributed by atoms with Crippen LogP contribution in [0.15, 0.2) is 24.3 Å². The van der Waals surface area contributed by atoms with E-state index in [2.05, 4.69) is 4.90 Å². The number of likely N-dealkylation sites (tertiary alicyclic amines) is 2. The van der Waals surface area contributed by atoms with Gasteiger partial charge in [-0.25, -0.2) is 0 Å². The van der Waals surface area contributed by atoms with Crippen LogP contribution in [0.3, 0.4) is 0 Å². The number of hydrogen-bond donors (Lipinski definition) is 0. The van der Waals surface area contributed by atoms with Gasteiger partial charge in [-0.2, -0.15) is 0 Å². The van der Waals surface area contributed by atoms with Crippen LogP contribution in [0.5, 0.6) is 0 Å². The molecule has 2 saturated heterocycles. The number of carbonyl (C=O) groups excluding carboxylic acids is 1. The molecule has 6 nitrogen and oxygen atoms in total. The summed E-state index contributed by atoms with van der Waals surface area (Å²) in [6.07, 6.45) is 6.06. The number of halogens is 1. The van der Waals surface area contributed by atoms with Crippen LogP contribution in [0.1, 0.15) is 37.7 Å². The summed E-state index contributed by atoms with van der Waals surface area (Å²) in [4.78, 5) is 27.7. The van der Waals surface area contributed by atoms with Crippen molar-refractivity contribution in [2.75, 3.05) is 26.2 Å². The Kier molecular flexibility index (Phi) is 7.20. The van der Waals surface area contributed by atoms with Crippen LogP contribution in [0, 0.1) is 10.1 Å². The van der Waals surface area contributed by atoms with Crippen LogP contribution in [0.2, 0.25) is 0 Å². The lowest BCUT2D eigenvalue weighted by Crippen LogP contribution is -2.49. The SMILES string of the molecule is Cl.O=C(Cc1cccc([N+](=O)[O-])c1)N1CCCC[C@@H]1CN1CCCC1. The second kappa shape index (κ2) is 9.15. The van der Waals surface area contributed by atoms with Crippen LogP contribution in [0.4, 0.5) is 5.69 Å². The van der Waals surface area contributed by atoms with Crippen LogP contribution in [-0.4, -0.2) is 52.9 Å². The minimum atomic E-state index is -0.412. The number of nitro benzene ring substituents is 1. The molecule has 0 unspecified atom stereocenters. The lowest BCUT2D eigenvalue weighted by molar-refractivity contribution is -0.384. The molecule has 0 aromatic heterocycles. The molecular weight excluding hydrogens is 342 g/mol. The minimum absolute atomic E-state index is 0. The smallest absolute Gasteiger partial charge is 0.269 e. The number of non-ortho nitro benzene ring substituents is 1. The predicted octanol–water partition coefficient (Wildman–Crippen LogP) is 3.04. The Hall–Kier alpha value is -1.66. The van der Waals surface area contributed by atoms with E-state index in [1.54, 1.807) is 12.1 Å². The highest BCUT2D eigenvalue weighted by atomic mass is 35.5. The van der Waals surface area contributed by atoms with Gasteiger partial charge in [0.1, 0.15) is 0 Å². The van der Waals surface area contributed by atoms with Gasteiger partial charge in [0.05, 0.1) is 11.3 Å². The van der Waals surface area contributed by atoms with Crippen molar-refractivity contribution < 1.29 is 9.72 Å². The van der Waals surface area contributed by atoms with Gasteiger partial charge in [-0.3, -0.25) is 14.9 Å². The molecule has 1 aromatic carbocycles. The molecule has 0 saturated carbocycles. The molecule has 2 aliphatic rings. The van der Waals surface area contributed by atoms with E-state index in [1.165, 1.54) is 31.4 Å². The van der Waals surface area contributed by atoms with Crippen molar-refractivity contribution in [1.82, 2.24) is 9.80 Å². The molecule has 0 spiro atoms. The van der Waals surface area contributed by atoms with E-state index in [1.807, 2.05) is 4.90 Å². The van der Waals surface area contributed by atoms with Gasteiger partial charge < -0.3 is 9.80 Å². The second-order valence-electron chi connectivity index (χ2n) is 6.85. The maximum absolute atomic E-state index is 12.8. The number of benzene rings is 1. The quantitative estimate of drug-likeness (QED) is 0.592. The van der Waals surface area contributed by atoms with Crippen LogP contribution < -0.4 is 0 Å². The number of hydrogen-bond acceptors (Lipinski definition) is 4. The first-order valence-corrected chi connectivity index (χ1v) is 8.88. The van der Waals surface area contributed by atoms with Gasteiger partial charge in [-0.1, -0.05) is 12.1 Å². The molecule has 1 aromatic rings. The summed E-state index contributed by atoms with van der Waals surface area (Å²) in [5.41, 5.74) is 0.771. The number of amides is 1. The molecule has 25 heavy (non-hydrogen) atoms. The molecule has 2 aliphatic heterocycles. The fourth-order valence-electron chi connectivity index (χ4n) is 3.84. The Morgan fingerprint density at radius 3 is 2.60 bits per heavy atom. The molecular formula is C18H26ClN3O3. The first-order valence-electron chi connectivity index (χ1n) is 8.88. The summed E-state index contributed by atoms with van der Waals surface area (Å²) in [6.45, 7) is 4.07. The third-order valence-corrected chi connectivity index (χ3v) is 5.09. The van der Waals surface area contributed by atoms with Gasteiger partial charge in [0.25, 0.3) is 5.69 Å².